The highest BCUT2D eigenvalue weighted by molar-refractivity contribution is 5.32. The predicted molar refractivity (Wildman–Crippen MR) is 122 cm³/mol. The van der Waals surface area contributed by atoms with Gasteiger partial charge in [0.05, 0.1) is 0 Å². The molecule has 0 bridgehead atoms. The molecule has 30 heavy (non-hydrogen) atoms. The van der Waals surface area contributed by atoms with Crippen LogP contribution in [0.3, 0.4) is 0 Å². The Balaban J connectivity index is 0.000000172. The maximum Gasteiger partial charge on any atom is 0.255 e. The van der Waals surface area contributed by atoms with E-state index in [-0.39, 0.29) is 11.1 Å². The van der Waals surface area contributed by atoms with Crippen LogP contribution < -0.4 is 16.9 Å². The number of nitrogens with zero attached hydrogens (tertiary/aromatic N) is 2. The van der Waals surface area contributed by atoms with E-state index in [1.165, 1.54) is 6.07 Å². The highest BCUT2D eigenvalue weighted by atomic mass is 16.1. The van der Waals surface area contributed by atoms with E-state index in [9.17, 15) is 9.59 Å². The van der Waals surface area contributed by atoms with E-state index in [4.69, 9.17) is 5.73 Å². The normalized spacial score (nSPS) is 9.57. The summed E-state index contributed by atoms with van der Waals surface area (Å²) in [6, 6.07) is 20.0. The number of nitrogens with one attached hydrogen (secondary N) is 1. The van der Waals surface area contributed by atoms with Crippen molar-refractivity contribution in [2.45, 2.75) is 20.8 Å². The average Bonchev–Trinajstić information content (AvgIpc) is 2.76. The average molecular weight is 402 g/mol. The highest BCUT2D eigenvalue weighted by Crippen LogP contribution is 2.04. The van der Waals surface area contributed by atoms with Crippen LogP contribution in [-0.2, 0) is 0 Å². The van der Waals surface area contributed by atoms with E-state index in [0.29, 0.717) is 5.82 Å². The van der Waals surface area contributed by atoms with Gasteiger partial charge in [-0.1, -0.05) is 36.4 Å². The molecule has 1 aromatic carbocycles. The Morgan fingerprint density at radius 3 is 2.00 bits per heavy atom. The number of pyridine rings is 3. The van der Waals surface area contributed by atoms with E-state index in [2.05, 4.69) is 9.97 Å². The molecule has 0 amide bonds. The molecule has 0 saturated carbocycles. The molecule has 154 valence electrons. The summed E-state index contributed by atoms with van der Waals surface area (Å²) in [5.74, 6) is 0.579. The lowest BCUT2D eigenvalue weighted by Crippen LogP contribution is -2.16. The number of para-hydroxylation sites is 1. The lowest BCUT2D eigenvalue weighted by atomic mass is 10.3. The van der Waals surface area contributed by atoms with Crippen molar-refractivity contribution in [1.82, 2.24) is 14.5 Å². The smallest absolute Gasteiger partial charge is 0.255 e. The first-order valence-corrected chi connectivity index (χ1v) is 9.43. The number of aromatic amines is 1. The van der Waals surface area contributed by atoms with Crippen molar-refractivity contribution in [3.8, 4) is 5.69 Å². The first-order valence-electron chi connectivity index (χ1n) is 9.43. The summed E-state index contributed by atoms with van der Waals surface area (Å²) in [4.78, 5) is 28.3. The van der Waals surface area contributed by atoms with Crippen molar-refractivity contribution < 1.29 is 0 Å². The molecule has 6 nitrogen and oxygen atoms in total. The molecule has 0 saturated heterocycles. The van der Waals surface area contributed by atoms with E-state index in [1.807, 2.05) is 69.4 Å². The van der Waals surface area contributed by atoms with E-state index >= 15 is 0 Å². The molecule has 0 aliphatic rings. The van der Waals surface area contributed by atoms with Crippen LogP contribution in [0.2, 0.25) is 0 Å². The standard InChI is InChI=1S/C12H11NO.C6H8N2.C6H7NO/c1-10-7-8-12(14)13(9-10)11-5-3-2-4-6-11;1-5-2-3-6(7)8-4-5;1-5-2-3-6(8)7-4-5/h2-9H,1H3;2-4H,1H3,(H2,7,8);2-4H,1H3,(H,7,8). The number of H-pyrrole nitrogens is 1. The van der Waals surface area contributed by atoms with Crippen LogP contribution in [0.1, 0.15) is 16.7 Å². The molecular formula is C24H26N4O2. The van der Waals surface area contributed by atoms with E-state index in [0.717, 1.165) is 22.4 Å². The molecular weight excluding hydrogens is 376 g/mol. The van der Waals surface area contributed by atoms with Gasteiger partial charge in [-0.25, -0.2) is 4.98 Å². The zero-order valence-corrected chi connectivity index (χ0v) is 17.4. The van der Waals surface area contributed by atoms with Gasteiger partial charge in [-0.05, 0) is 55.7 Å². The van der Waals surface area contributed by atoms with Gasteiger partial charge in [-0.2, -0.15) is 0 Å². The zero-order valence-electron chi connectivity index (χ0n) is 17.4. The van der Waals surface area contributed by atoms with Gasteiger partial charge < -0.3 is 10.7 Å². The Kier molecular flexibility index (Phi) is 8.32. The molecule has 0 atom stereocenters. The van der Waals surface area contributed by atoms with Crippen molar-refractivity contribution in [2.24, 2.45) is 0 Å². The highest BCUT2D eigenvalue weighted by Gasteiger charge is 1.97. The zero-order chi connectivity index (χ0) is 21.9. The summed E-state index contributed by atoms with van der Waals surface area (Å²) in [7, 11) is 0. The third-order valence-corrected chi connectivity index (χ3v) is 3.97. The van der Waals surface area contributed by atoms with Crippen LogP contribution in [0.5, 0.6) is 0 Å². The number of hydrogen-bond donors (Lipinski definition) is 2. The predicted octanol–water partition coefficient (Wildman–Crippen LogP) is 3.80. The van der Waals surface area contributed by atoms with E-state index in [1.54, 1.807) is 35.2 Å². The summed E-state index contributed by atoms with van der Waals surface area (Å²) in [5.41, 5.74) is 9.46. The van der Waals surface area contributed by atoms with Gasteiger partial charge >= 0.3 is 0 Å². The quantitative estimate of drug-likeness (QED) is 0.506. The first kappa shape index (κ1) is 22.4. The topological polar surface area (TPSA) is 93.8 Å². The second-order valence-electron chi connectivity index (χ2n) is 6.74. The lowest BCUT2D eigenvalue weighted by molar-refractivity contribution is 0.976. The fourth-order valence-corrected chi connectivity index (χ4v) is 2.35. The van der Waals surface area contributed by atoms with Gasteiger partial charge in [0.25, 0.3) is 5.56 Å². The van der Waals surface area contributed by atoms with Gasteiger partial charge in [0.2, 0.25) is 5.56 Å². The SMILES string of the molecule is Cc1ccc(=O)[nH]c1.Cc1ccc(=O)n(-c2ccccc2)c1.Cc1ccc(N)nc1. The number of anilines is 1. The van der Waals surface area contributed by atoms with Crippen molar-refractivity contribution in [1.29, 1.82) is 0 Å². The van der Waals surface area contributed by atoms with Crippen LogP contribution in [0.4, 0.5) is 5.82 Å². The number of nitrogen functional groups attached to an aromatic ring is 1. The Labute approximate surface area is 175 Å². The molecule has 3 aromatic heterocycles. The van der Waals surface area contributed by atoms with E-state index < -0.39 is 0 Å². The molecule has 3 heterocycles. The van der Waals surface area contributed by atoms with Gasteiger partial charge in [0, 0.05) is 36.4 Å². The van der Waals surface area contributed by atoms with Crippen LogP contribution in [-0.4, -0.2) is 14.5 Å². The van der Waals surface area contributed by atoms with Crippen LogP contribution in [0, 0.1) is 20.8 Å². The third kappa shape index (κ3) is 7.59. The maximum atomic E-state index is 11.5. The minimum Gasteiger partial charge on any atom is -0.384 e. The number of rotatable bonds is 1. The molecule has 3 N–H and O–H groups in total. The molecule has 0 unspecified atom stereocenters. The Bertz CT molecular complexity index is 1120. The monoisotopic (exact) mass is 402 g/mol. The number of hydrogen-bond acceptors (Lipinski definition) is 4. The molecule has 0 radical (unpaired) electrons. The minimum atomic E-state index is -0.0457. The summed E-state index contributed by atoms with van der Waals surface area (Å²) < 4.78 is 1.65. The van der Waals surface area contributed by atoms with Crippen molar-refractivity contribution in [3.63, 3.8) is 0 Å². The number of aryl methyl sites for hydroxylation is 3. The molecule has 6 heteroatoms. The second-order valence-corrected chi connectivity index (χ2v) is 6.74. The van der Waals surface area contributed by atoms with Gasteiger partial charge in [-0.15, -0.1) is 0 Å². The largest absolute Gasteiger partial charge is 0.384 e. The molecule has 0 spiro atoms. The molecule has 0 aliphatic carbocycles. The Hall–Kier alpha value is -3.93. The van der Waals surface area contributed by atoms with Gasteiger partial charge in [-0.3, -0.25) is 14.2 Å². The molecule has 0 fully saturated rings. The molecule has 0 aliphatic heterocycles. The minimum absolute atomic E-state index is 0.00167. The van der Waals surface area contributed by atoms with Crippen molar-refractivity contribution in [3.05, 3.63) is 123 Å². The first-order chi connectivity index (χ1) is 14.3. The third-order valence-electron chi connectivity index (χ3n) is 3.97. The Morgan fingerprint density at radius 1 is 0.800 bits per heavy atom. The second kappa shape index (κ2) is 11.2. The number of nitrogens with two attached hydrogens (primary N) is 1. The molecule has 4 aromatic rings. The fraction of sp³-hybridized carbons (Fsp3) is 0.125. The van der Waals surface area contributed by atoms with Crippen LogP contribution in [0.15, 0.2) is 94.9 Å². The van der Waals surface area contributed by atoms with Crippen molar-refractivity contribution >= 4 is 5.82 Å². The van der Waals surface area contributed by atoms with Gasteiger partial charge in [0.1, 0.15) is 5.82 Å². The fourth-order valence-electron chi connectivity index (χ4n) is 2.35. The summed E-state index contributed by atoms with van der Waals surface area (Å²) >= 11 is 0. The summed E-state index contributed by atoms with van der Waals surface area (Å²) in [6.07, 6.45) is 5.27. The summed E-state index contributed by atoms with van der Waals surface area (Å²) in [5, 5.41) is 0. The molecule has 4 rings (SSSR count). The van der Waals surface area contributed by atoms with Crippen molar-refractivity contribution in [2.75, 3.05) is 5.73 Å². The van der Waals surface area contributed by atoms with Gasteiger partial charge in [0.15, 0.2) is 0 Å². The maximum absolute atomic E-state index is 11.5. The van der Waals surface area contributed by atoms with Crippen LogP contribution in [0.25, 0.3) is 5.69 Å². The number of benzene rings is 1. The van der Waals surface area contributed by atoms with Crippen LogP contribution >= 0.6 is 0 Å². The lowest BCUT2D eigenvalue weighted by Gasteiger charge is -2.05. The Morgan fingerprint density at radius 2 is 1.47 bits per heavy atom. The number of aromatic nitrogens is 3. The summed E-state index contributed by atoms with van der Waals surface area (Å²) in [6.45, 7) is 5.88.